The molecule has 0 amide bonds. The molecular weight excluding hydrogens is 268 g/mol. The van der Waals surface area contributed by atoms with Crippen LogP contribution >= 0.6 is 0 Å². The molecule has 1 aromatic rings. The lowest BCUT2D eigenvalue weighted by atomic mass is 10.3. The summed E-state index contributed by atoms with van der Waals surface area (Å²) in [7, 11) is -0.380. The lowest BCUT2D eigenvalue weighted by molar-refractivity contribution is 0.0398. The van der Waals surface area contributed by atoms with Crippen molar-refractivity contribution in [2.24, 2.45) is 0 Å². The van der Waals surface area contributed by atoms with Gasteiger partial charge in [-0.1, -0.05) is 0 Å². The van der Waals surface area contributed by atoms with Crippen molar-refractivity contribution >= 4 is 10.2 Å². The van der Waals surface area contributed by atoms with Crippen molar-refractivity contribution in [2.45, 2.75) is 26.1 Å². The molecule has 0 radical (unpaired) electrons. The Hall–Kier alpha value is -0.960. The Morgan fingerprint density at radius 2 is 2.21 bits per heavy atom. The summed E-state index contributed by atoms with van der Waals surface area (Å²) in [6.45, 7) is 3.70. The molecule has 1 aromatic heterocycles. The SMILES string of the molecule is CCO[C@@H]1CN(S(=O)(=O)N(C)C)Cc2ccnn2C1. The van der Waals surface area contributed by atoms with E-state index in [-0.39, 0.29) is 6.10 Å². The number of hydrogen-bond acceptors (Lipinski definition) is 4. The second kappa shape index (κ2) is 5.58. The van der Waals surface area contributed by atoms with E-state index in [1.54, 1.807) is 6.20 Å². The fraction of sp³-hybridized carbons (Fsp3) is 0.727. The zero-order valence-corrected chi connectivity index (χ0v) is 12.3. The Balaban J connectivity index is 2.30. The minimum absolute atomic E-state index is 0.180. The molecule has 0 saturated heterocycles. The van der Waals surface area contributed by atoms with Crippen molar-refractivity contribution in [2.75, 3.05) is 27.2 Å². The maximum Gasteiger partial charge on any atom is 0.281 e. The van der Waals surface area contributed by atoms with Crippen molar-refractivity contribution in [3.8, 4) is 0 Å². The standard InChI is InChI=1S/C11H20N4O3S/c1-4-18-11-8-14(19(16,17)13(2)3)7-10-5-6-12-15(10)9-11/h5-6,11H,4,7-9H2,1-3H3/t11-/m1/s1. The quantitative estimate of drug-likeness (QED) is 0.776. The molecule has 7 nitrogen and oxygen atoms in total. The first kappa shape index (κ1) is 14.4. The summed E-state index contributed by atoms with van der Waals surface area (Å²) in [4.78, 5) is 0. The second-order valence-electron chi connectivity index (χ2n) is 4.66. The highest BCUT2D eigenvalue weighted by molar-refractivity contribution is 7.86. The summed E-state index contributed by atoms with van der Waals surface area (Å²) >= 11 is 0. The van der Waals surface area contributed by atoms with Crippen LogP contribution in [-0.4, -0.2) is 60.2 Å². The summed E-state index contributed by atoms with van der Waals surface area (Å²) < 4.78 is 34.7. The van der Waals surface area contributed by atoms with Gasteiger partial charge in [0.1, 0.15) is 0 Å². The maximum atomic E-state index is 12.3. The Kier molecular flexibility index (Phi) is 4.24. The zero-order valence-electron chi connectivity index (χ0n) is 11.5. The number of rotatable bonds is 4. The highest BCUT2D eigenvalue weighted by atomic mass is 32.2. The van der Waals surface area contributed by atoms with Gasteiger partial charge in [-0.05, 0) is 13.0 Å². The molecule has 0 bridgehead atoms. The van der Waals surface area contributed by atoms with Gasteiger partial charge in [0.05, 0.1) is 24.9 Å². The molecule has 0 saturated carbocycles. The van der Waals surface area contributed by atoms with Gasteiger partial charge >= 0.3 is 0 Å². The first-order valence-corrected chi connectivity index (χ1v) is 7.64. The van der Waals surface area contributed by atoms with Gasteiger partial charge in [-0.2, -0.15) is 22.1 Å². The van der Waals surface area contributed by atoms with Gasteiger partial charge in [0.2, 0.25) is 0 Å². The largest absolute Gasteiger partial charge is 0.375 e. The molecular formula is C11H20N4O3S. The highest BCUT2D eigenvalue weighted by Gasteiger charge is 2.31. The van der Waals surface area contributed by atoms with Crippen LogP contribution in [0.4, 0.5) is 0 Å². The molecule has 1 aliphatic rings. The molecule has 1 atom stereocenters. The summed E-state index contributed by atoms with van der Waals surface area (Å²) in [5.74, 6) is 0. The van der Waals surface area contributed by atoms with Crippen molar-refractivity contribution < 1.29 is 13.2 Å². The van der Waals surface area contributed by atoms with E-state index in [1.165, 1.54) is 22.7 Å². The fourth-order valence-electron chi connectivity index (χ4n) is 2.13. The molecule has 1 aliphatic heterocycles. The van der Waals surface area contributed by atoms with Crippen LogP contribution in [-0.2, 0) is 28.0 Å². The second-order valence-corrected chi connectivity index (χ2v) is 6.81. The van der Waals surface area contributed by atoms with E-state index in [4.69, 9.17) is 4.74 Å². The van der Waals surface area contributed by atoms with Crippen LogP contribution in [0.1, 0.15) is 12.6 Å². The summed E-state index contributed by atoms with van der Waals surface area (Å²) in [5.41, 5.74) is 0.882. The van der Waals surface area contributed by atoms with Crippen LogP contribution < -0.4 is 0 Å². The van der Waals surface area contributed by atoms with Crippen molar-refractivity contribution in [1.29, 1.82) is 0 Å². The summed E-state index contributed by atoms with van der Waals surface area (Å²) in [5, 5.41) is 4.21. The van der Waals surface area contributed by atoms with Crippen LogP contribution in [0.2, 0.25) is 0 Å². The summed E-state index contributed by atoms with van der Waals surface area (Å²) in [6, 6.07) is 1.84. The maximum absolute atomic E-state index is 12.3. The molecule has 0 N–H and O–H groups in total. The molecule has 8 heteroatoms. The molecule has 2 heterocycles. The molecule has 0 aromatic carbocycles. The molecule has 0 unspecified atom stereocenters. The van der Waals surface area contributed by atoms with Crippen LogP contribution in [0, 0.1) is 0 Å². The van der Waals surface area contributed by atoms with Crippen molar-refractivity contribution in [3.05, 3.63) is 18.0 Å². The average Bonchev–Trinajstić information content (AvgIpc) is 2.68. The van der Waals surface area contributed by atoms with E-state index >= 15 is 0 Å². The van der Waals surface area contributed by atoms with E-state index < -0.39 is 10.2 Å². The average molecular weight is 288 g/mol. The van der Waals surface area contributed by atoms with Crippen LogP contribution in [0.15, 0.2) is 12.3 Å². The molecule has 0 fully saturated rings. The molecule has 19 heavy (non-hydrogen) atoms. The predicted octanol–water partition coefficient (Wildman–Crippen LogP) is -0.0898. The third-order valence-corrected chi connectivity index (χ3v) is 4.97. The van der Waals surface area contributed by atoms with Gasteiger partial charge in [0.25, 0.3) is 10.2 Å². The predicted molar refractivity (Wildman–Crippen MR) is 70.7 cm³/mol. The third kappa shape index (κ3) is 2.97. The topological polar surface area (TPSA) is 67.7 Å². The summed E-state index contributed by atoms with van der Waals surface area (Å²) in [6.07, 6.45) is 1.50. The number of hydrogen-bond donors (Lipinski definition) is 0. The van der Waals surface area contributed by atoms with Gasteiger partial charge < -0.3 is 4.74 Å². The lowest BCUT2D eigenvalue weighted by Gasteiger charge is -2.26. The Morgan fingerprint density at radius 3 is 2.84 bits per heavy atom. The van der Waals surface area contributed by atoms with Gasteiger partial charge in [0, 0.05) is 33.4 Å². The number of ether oxygens (including phenoxy) is 1. The lowest BCUT2D eigenvalue weighted by Crippen LogP contribution is -2.43. The van der Waals surface area contributed by atoms with E-state index in [1.807, 2.05) is 17.7 Å². The minimum Gasteiger partial charge on any atom is -0.375 e. The smallest absolute Gasteiger partial charge is 0.281 e. The van der Waals surface area contributed by atoms with Crippen LogP contribution in [0.5, 0.6) is 0 Å². The molecule has 0 aliphatic carbocycles. The number of nitrogens with zero attached hydrogens (tertiary/aromatic N) is 4. The van der Waals surface area contributed by atoms with Crippen molar-refractivity contribution in [1.82, 2.24) is 18.4 Å². The number of fused-ring (bicyclic) bond motifs is 1. The monoisotopic (exact) mass is 288 g/mol. The van der Waals surface area contributed by atoms with Crippen LogP contribution in [0.3, 0.4) is 0 Å². The van der Waals surface area contributed by atoms with Gasteiger partial charge in [-0.3, -0.25) is 4.68 Å². The van der Waals surface area contributed by atoms with Gasteiger partial charge in [-0.25, -0.2) is 0 Å². The Morgan fingerprint density at radius 1 is 1.47 bits per heavy atom. The molecule has 108 valence electrons. The van der Waals surface area contributed by atoms with E-state index in [0.717, 1.165) is 5.69 Å². The fourth-order valence-corrected chi connectivity index (χ4v) is 3.24. The van der Waals surface area contributed by atoms with E-state index in [9.17, 15) is 8.42 Å². The zero-order chi connectivity index (χ0) is 14.0. The third-order valence-electron chi connectivity index (χ3n) is 3.12. The Labute approximate surface area is 113 Å². The first-order valence-electron chi connectivity index (χ1n) is 6.25. The van der Waals surface area contributed by atoms with Crippen molar-refractivity contribution in [3.63, 3.8) is 0 Å². The van der Waals surface area contributed by atoms with Gasteiger partial charge in [0.15, 0.2) is 0 Å². The van der Waals surface area contributed by atoms with E-state index in [0.29, 0.717) is 26.2 Å². The first-order chi connectivity index (χ1) is 8.95. The van der Waals surface area contributed by atoms with Crippen LogP contribution in [0.25, 0.3) is 0 Å². The highest BCUT2D eigenvalue weighted by Crippen LogP contribution is 2.17. The van der Waals surface area contributed by atoms with E-state index in [2.05, 4.69) is 5.10 Å². The Bertz CT molecular complexity index is 526. The molecule has 2 rings (SSSR count). The number of aromatic nitrogens is 2. The van der Waals surface area contributed by atoms with Gasteiger partial charge in [-0.15, -0.1) is 0 Å². The molecule has 0 spiro atoms. The minimum atomic E-state index is -3.45. The normalized spacial score (nSPS) is 21.4.